The average Bonchev–Trinajstić information content (AvgIpc) is 3.37. The van der Waals surface area contributed by atoms with E-state index in [1.807, 2.05) is 45.0 Å². The van der Waals surface area contributed by atoms with Gasteiger partial charge in [0.2, 0.25) is 0 Å². The highest BCUT2D eigenvalue weighted by molar-refractivity contribution is 6.13. The maximum Gasteiger partial charge on any atom is 0.256 e. The van der Waals surface area contributed by atoms with Gasteiger partial charge >= 0.3 is 0 Å². The van der Waals surface area contributed by atoms with Gasteiger partial charge in [0.05, 0.1) is 22.5 Å². The van der Waals surface area contributed by atoms with Crippen LogP contribution in [-0.2, 0) is 6.42 Å². The first kappa shape index (κ1) is 26.7. The van der Waals surface area contributed by atoms with E-state index in [2.05, 4.69) is 26.8 Å². The molecule has 8 nitrogen and oxygen atoms in total. The molecule has 202 valence electrons. The molecule has 40 heavy (non-hydrogen) atoms. The van der Waals surface area contributed by atoms with Crippen LogP contribution in [0.2, 0.25) is 0 Å². The first-order valence-corrected chi connectivity index (χ1v) is 13.3. The summed E-state index contributed by atoms with van der Waals surface area (Å²) in [5, 5.41) is 10.6. The zero-order chi connectivity index (χ0) is 28.1. The number of aromatic nitrogens is 3. The molecule has 5 aromatic rings. The number of hydrogen-bond donors (Lipinski definition) is 2. The normalized spacial score (nSPS) is 11.0. The van der Waals surface area contributed by atoms with E-state index in [4.69, 9.17) is 9.51 Å². The molecule has 0 atom stereocenters. The van der Waals surface area contributed by atoms with Gasteiger partial charge in [-0.25, -0.2) is 4.98 Å². The third-order valence-corrected chi connectivity index (χ3v) is 6.67. The molecule has 2 amide bonds. The fraction of sp³-hybridized carbons (Fsp3) is 0.219. The quantitative estimate of drug-likeness (QED) is 0.218. The topological polar surface area (TPSA) is 110 Å². The summed E-state index contributed by atoms with van der Waals surface area (Å²) in [6, 6.07) is 18.4. The molecule has 0 radical (unpaired) electrons. The molecule has 3 heterocycles. The highest BCUT2D eigenvalue weighted by Gasteiger charge is 2.17. The molecule has 0 fully saturated rings. The molecule has 2 aromatic carbocycles. The Morgan fingerprint density at radius 3 is 2.48 bits per heavy atom. The third kappa shape index (κ3) is 6.23. The maximum atomic E-state index is 13.5. The van der Waals surface area contributed by atoms with Crippen molar-refractivity contribution in [2.75, 3.05) is 11.9 Å². The zero-order valence-corrected chi connectivity index (χ0v) is 22.8. The van der Waals surface area contributed by atoms with Crippen molar-refractivity contribution in [1.29, 1.82) is 0 Å². The second kappa shape index (κ2) is 11.9. The van der Waals surface area contributed by atoms with Crippen LogP contribution in [0.4, 0.5) is 5.69 Å². The highest BCUT2D eigenvalue weighted by atomic mass is 16.5. The second-order valence-electron chi connectivity index (χ2n) is 9.95. The number of anilines is 1. The molecule has 0 aliphatic carbocycles. The number of carbonyl (C=O) groups excluding carboxylic acids is 2. The molecule has 0 saturated carbocycles. The van der Waals surface area contributed by atoms with Crippen molar-refractivity contribution in [3.63, 3.8) is 0 Å². The van der Waals surface area contributed by atoms with Gasteiger partial charge in [0.1, 0.15) is 5.76 Å². The van der Waals surface area contributed by atoms with Gasteiger partial charge in [0.15, 0.2) is 0 Å². The maximum absolute atomic E-state index is 13.5. The average molecular weight is 534 g/mol. The van der Waals surface area contributed by atoms with Crippen LogP contribution in [0, 0.1) is 20.8 Å². The molecule has 0 aliphatic heterocycles. The molecule has 0 unspecified atom stereocenters. The van der Waals surface area contributed by atoms with Crippen LogP contribution in [0.5, 0.6) is 0 Å². The Morgan fingerprint density at radius 1 is 0.925 bits per heavy atom. The van der Waals surface area contributed by atoms with Gasteiger partial charge < -0.3 is 15.2 Å². The summed E-state index contributed by atoms with van der Waals surface area (Å²) in [6.45, 7) is 6.46. The number of nitrogens with one attached hydrogen (secondary N) is 2. The van der Waals surface area contributed by atoms with Gasteiger partial charge in [0.25, 0.3) is 11.8 Å². The smallest absolute Gasteiger partial charge is 0.256 e. The standard InChI is InChI=1S/C32H31N5O3/c1-20-15-21(2)30-27(16-20)28(18-29(36-30)24-7-6-13-33-19-24)32(39)35-25-11-9-23(10-12-25)31(38)34-14-5-4-8-26-17-22(3)37-40-26/h6-7,9-13,15-19H,4-5,8,14H2,1-3H3,(H,34,38)(H,35,39). The molecule has 0 aliphatic rings. The Morgan fingerprint density at radius 2 is 1.75 bits per heavy atom. The molecule has 0 spiro atoms. The summed E-state index contributed by atoms with van der Waals surface area (Å²) in [6.07, 6.45) is 5.96. The van der Waals surface area contributed by atoms with E-state index in [-0.39, 0.29) is 11.8 Å². The van der Waals surface area contributed by atoms with Crippen LogP contribution in [-0.4, -0.2) is 33.5 Å². The molecule has 0 bridgehead atoms. The van der Waals surface area contributed by atoms with E-state index in [0.29, 0.717) is 29.1 Å². The zero-order valence-electron chi connectivity index (χ0n) is 22.8. The van der Waals surface area contributed by atoms with Crippen LogP contribution in [0.25, 0.3) is 22.2 Å². The first-order chi connectivity index (χ1) is 19.4. The second-order valence-corrected chi connectivity index (χ2v) is 9.95. The Labute approximate surface area is 232 Å². The van der Waals surface area contributed by atoms with Crippen molar-refractivity contribution in [2.45, 2.75) is 40.0 Å². The molecule has 3 aromatic heterocycles. The van der Waals surface area contributed by atoms with Crippen molar-refractivity contribution in [3.8, 4) is 11.3 Å². The lowest BCUT2D eigenvalue weighted by Gasteiger charge is -2.13. The van der Waals surface area contributed by atoms with Gasteiger partial charge in [0, 0.05) is 53.6 Å². The third-order valence-electron chi connectivity index (χ3n) is 6.67. The molecule has 5 rings (SSSR count). The molecule has 0 saturated heterocycles. The monoisotopic (exact) mass is 533 g/mol. The lowest BCUT2D eigenvalue weighted by atomic mass is 9.99. The SMILES string of the molecule is Cc1cc(C)c2nc(-c3cccnc3)cc(C(=O)Nc3ccc(C(=O)NCCCCc4cc(C)no4)cc3)c2c1. The van der Waals surface area contributed by atoms with E-state index >= 15 is 0 Å². The predicted molar refractivity (Wildman–Crippen MR) is 155 cm³/mol. The number of benzene rings is 2. The predicted octanol–water partition coefficient (Wildman–Crippen LogP) is 6.22. The van der Waals surface area contributed by atoms with E-state index < -0.39 is 0 Å². The van der Waals surface area contributed by atoms with Gasteiger partial charge in [-0.3, -0.25) is 14.6 Å². The minimum atomic E-state index is -0.248. The van der Waals surface area contributed by atoms with E-state index in [1.54, 1.807) is 42.7 Å². The lowest BCUT2D eigenvalue weighted by Crippen LogP contribution is -2.24. The van der Waals surface area contributed by atoms with E-state index in [9.17, 15) is 9.59 Å². The number of unbranched alkanes of at least 4 members (excludes halogenated alkanes) is 1. The molecule has 2 N–H and O–H groups in total. The number of rotatable bonds is 9. The highest BCUT2D eigenvalue weighted by Crippen LogP contribution is 2.28. The fourth-order valence-electron chi connectivity index (χ4n) is 4.70. The fourth-order valence-corrected chi connectivity index (χ4v) is 4.70. The summed E-state index contributed by atoms with van der Waals surface area (Å²) in [7, 11) is 0. The molecular formula is C32H31N5O3. The minimum Gasteiger partial charge on any atom is -0.361 e. The summed E-state index contributed by atoms with van der Waals surface area (Å²) < 4.78 is 5.21. The molecular weight excluding hydrogens is 502 g/mol. The van der Waals surface area contributed by atoms with Crippen LogP contribution >= 0.6 is 0 Å². The number of hydrogen-bond acceptors (Lipinski definition) is 6. The Bertz CT molecular complexity index is 1660. The number of fused-ring (bicyclic) bond motifs is 1. The van der Waals surface area contributed by atoms with Crippen molar-refractivity contribution >= 4 is 28.4 Å². The van der Waals surface area contributed by atoms with Crippen molar-refractivity contribution in [3.05, 3.63) is 107 Å². The first-order valence-electron chi connectivity index (χ1n) is 13.3. The summed E-state index contributed by atoms with van der Waals surface area (Å²) in [5.41, 5.74) is 6.87. The Kier molecular flexibility index (Phi) is 7.96. The van der Waals surface area contributed by atoms with Gasteiger partial charge in [-0.2, -0.15) is 0 Å². The van der Waals surface area contributed by atoms with Gasteiger partial charge in [-0.15, -0.1) is 0 Å². The number of pyridine rings is 2. The number of amides is 2. The largest absolute Gasteiger partial charge is 0.361 e. The number of nitrogens with zero attached hydrogens (tertiary/aromatic N) is 3. The number of carbonyl (C=O) groups is 2. The lowest BCUT2D eigenvalue weighted by molar-refractivity contribution is 0.0952. The summed E-state index contributed by atoms with van der Waals surface area (Å²) >= 11 is 0. The van der Waals surface area contributed by atoms with Crippen LogP contribution in [0.1, 0.15) is 56.1 Å². The Balaban J connectivity index is 1.26. The van der Waals surface area contributed by atoms with Crippen LogP contribution in [0.3, 0.4) is 0 Å². The van der Waals surface area contributed by atoms with Crippen LogP contribution < -0.4 is 10.6 Å². The summed E-state index contributed by atoms with van der Waals surface area (Å²) in [4.78, 5) is 35.1. The van der Waals surface area contributed by atoms with Gasteiger partial charge in [-0.05, 0) is 87.7 Å². The molecule has 8 heteroatoms. The van der Waals surface area contributed by atoms with Gasteiger partial charge in [-0.1, -0.05) is 16.8 Å². The number of aryl methyl sites for hydroxylation is 4. The van der Waals surface area contributed by atoms with Crippen molar-refractivity contribution in [2.24, 2.45) is 0 Å². The minimum absolute atomic E-state index is 0.152. The van der Waals surface area contributed by atoms with Crippen molar-refractivity contribution in [1.82, 2.24) is 20.4 Å². The van der Waals surface area contributed by atoms with E-state index in [1.165, 1.54) is 0 Å². The summed E-state index contributed by atoms with van der Waals surface area (Å²) in [5.74, 6) is 0.460. The van der Waals surface area contributed by atoms with Crippen LogP contribution in [0.15, 0.2) is 77.6 Å². The van der Waals surface area contributed by atoms with Crippen molar-refractivity contribution < 1.29 is 14.1 Å². The van der Waals surface area contributed by atoms with E-state index in [0.717, 1.165) is 58.3 Å². The Hall–Kier alpha value is -4.85.